The predicted molar refractivity (Wildman–Crippen MR) is 146 cm³/mol. The molecule has 4 rings (SSSR count). The number of hydrogen-bond donors (Lipinski definition) is 1. The second-order valence-corrected chi connectivity index (χ2v) is 11.3. The van der Waals surface area contributed by atoms with E-state index in [4.69, 9.17) is 9.47 Å². The van der Waals surface area contributed by atoms with Crippen molar-refractivity contribution in [3.8, 4) is 23.1 Å². The van der Waals surface area contributed by atoms with Crippen LogP contribution in [0.25, 0.3) is 11.1 Å². The van der Waals surface area contributed by atoms with Gasteiger partial charge < -0.3 is 14.6 Å². The number of methoxy groups -OCH3 is 1. The lowest BCUT2D eigenvalue weighted by molar-refractivity contribution is 0.0554. The molecule has 2 aromatic carbocycles. The SMILES string of the molecule is COCC(c1cc(F)cc(F)c1)n1c(COC(C)C)nc(=O)c(S(=O)(=O)c2ccc(-c3cnccc3C#N)cc2)c1O. The van der Waals surface area contributed by atoms with Crippen molar-refractivity contribution >= 4 is 9.84 Å². The van der Waals surface area contributed by atoms with Gasteiger partial charge in [0, 0.05) is 31.1 Å². The fourth-order valence-corrected chi connectivity index (χ4v) is 5.70. The van der Waals surface area contributed by atoms with Crippen molar-refractivity contribution in [2.24, 2.45) is 0 Å². The van der Waals surface area contributed by atoms with Gasteiger partial charge in [0.15, 0.2) is 4.90 Å². The lowest BCUT2D eigenvalue weighted by Crippen LogP contribution is -2.30. The van der Waals surface area contributed by atoms with Crippen LogP contribution in [0.5, 0.6) is 5.88 Å². The molecule has 0 fully saturated rings. The molecule has 0 saturated carbocycles. The summed E-state index contributed by atoms with van der Waals surface area (Å²) in [5.41, 5.74) is 0.0135. The number of halogens is 2. The number of aromatic nitrogens is 3. The molecule has 10 nitrogen and oxygen atoms in total. The lowest BCUT2D eigenvalue weighted by atomic mass is 10.0. The van der Waals surface area contributed by atoms with Crippen molar-refractivity contribution in [1.82, 2.24) is 14.5 Å². The van der Waals surface area contributed by atoms with E-state index in [1.54, 1.807) is 13.8 Å². The zero-order chi connectivity index (χ0) is 30.6. The molecule has 0 aliphatic heterocycles. The Morgan fingerprint density at radius 3 is 2.36 bits per heavy atom. The minimum absolute atomic E-state index is 0.0154. The third-order valence-electron chi connectivity index (χ3n) is 6.27. The van der Waals surface area contributed by atoms with Gasteiger partial charge in [-0.3, -0.25) is 14.3 Å². The third-order valence-corrected chi connectivity index (χ3v) is 8.06. The number of rotatable bonds is 10. The largest absolute Gasteiger partial charge is 0.493 e. The molecule has 0 radical (unpaired) electrons. The second-order valence-electron chi connectivity index (χ2n) is 9.45. The quantitative estimate of drug-likeness (QED) is 0.285. The maximum absolute atomic E-state index is 14.2. The molecule has 1 N–H and O–H groups in total. The number of benzene rings is 2. The van der Waals surface area contributed by atoms with Crippen LogP contribution in [0, 0.1) is 23.0 Å². The molecular formula is C29H26F2N4O6S. The fourth-order valence-electron chi connectivity index (χ4n) is 4.35. The average Bonchev–Trinajstić information content (AvgIpc) is 2.94. The summed E-state index contributed by atoms with van der Waals surface area (Å²) in [5, 5.41) is 20.8. The molecule has 1 unspecified atom stereocenters. The molecular weight excluding hydrogens is 570 g/mol. The normalized spacial score (nSPS) is 12.3. The Morgan fingerprint density at radius 1 is 1.10 bits per heavy atom. The molecule has 0 amide bonds. The standard InChI is InChI=1S/C29H26F2N4O6S/c1-17(2)41-16-26-34-28(36)27(29(37)35(26)25(15-40-3)20-10-21(30)12-22(31)11-20)42(38,39)23-6-4-18(5-7-23)24-14-33-9-8-19(24)13-32/h4-12,14,17,25,37H,15-16H2,1-3H3. The van der Waals surface area contributed by atoms with Crippen molar-refractivity contribution in [3.63, 3.8) is 0 Å². The summed E-state index contributed by atoms with van der Waals surface area (Å²) >= 11 is 0. The van der Waals surface area contributed by atoms with Crippen LogP contribution < -0.4 is 5.56 Å². The average molecular weight is 597 g/mol. The molecule has 2 aromatic heterocycles. The van der Waals surface area contributed by atoms with Crippen LogP contribution in [-0.2, 0) is 25.9 Å². The number of nitriles is 1. The van der Waals surface area contributed by atoms with E-state index in [1.165, 1.54) is 49.8 Å². The Balaban J connectivity index is 1.91. The number of aromatic hydroxyl groups is 1. The summed E-state index contributed by atoms with van der Waals surface area (Å²) in [6.45, 7) is 2.81. The van der Waals surface area contributed by atoms with Crippen LogP contribution in [0.4, 0.5) is 8.78 Å². The van der Waals surface area contributed by atoms with Gasteiger partial charge in [-0.1, -0.05) is 12.1 Å². The second kappa shape index (κ2) is 12.6. The number of ether oxygens (including phenoxy) is 2. The molecule has 218 valence electrons. The minimum atomic E-state index is -4.69. The van der Waals surface area contributed by atoms with Gasteiger partial charge in [-0.05, 0) is 55.3 Å². The van der Waals surface area contributed by atoms with Gasteiger partial charge in [0.05, 0.1) is 35.3 Å². The number of pyridine rings is 1. The minimum Gasteiger partial charge on any atom is -0.493 e. The summed E-state index contributed by atoms with van der Waals surface area (Å²) in [4.78, 5) is 19.7. The summed E-state index contributed by atoms with van der Waals surface area (Å²) < 4.78 is 67.7. The first kappa shape index (κ1) is 30.4. The van der Waals surface area contributed by atoms with E-state index in [1.807, 2.05) is 6.07 Å². The first-order chi connectivity index (χ1) is 20.0. The lowest BCUT2D eigenvalue weighted by Gasteiger charge is -2.26. The van der Waals surface area contributed by atoms with E-state index < -0.39 is 43.8 Å². The van der Waals surface area contributed by atoms with Gasteiger partial charge in [-0.2, -0.15) is 10.2 Å². The highest BCUT2D eigenvalue weighted by atomic mass is 32.2. The Hall–Kier alpha value is -4.51. The predicted octanol–water partition coefficient (Wildman–Crippen LogP) is 4.15. The van der Waals surface area contributed by atoms with Gasteiger partial charge in [-0.25, -0.2) is 17.2 Å². The van der Waals surface area contributed by atoms with Gasteiger partial charge in [0.2, 0.25) is 15.7 Å². The van der Waals surface area contributed by atoms with Crippen molar-refractivity contribution in [3.05, 3.63) is 99.9 Å². The number of sulfone groups is 1. The summed E-state index contributed by atoms with van der Waals surface area (Å²) in [5.74, 6) is -3.03. The first-order valence-electron chi connectivity index (χ1n) is 12.6. The van der Waals surface area contributed by atoms with Crippen LogP contribution in [-0.4, -0.2) is 47.9 Å². The van der Waals surface area contributed by atoms with Gasteiger partial charge in [0.25, 0.3) is 5.56 Å². The van der Waals surface area contributed by atoms with Gasteiger partial charge in [-0.15, -0.1) is 0 Å². The molecule has 13 heteroatoms. The molecule has 0 aliphatic carbocycles. The van der Waals surface area contributed by atoms with Crippen LogP contribution >= 0.6 is 0 Å². The van der Waals surface area contributed by atoms with E-state index in [9.17, 15) is 32.4 Å². The molecule has 42 heavy (non-hydrogen) atoms. The summed E-state index contributed by atoms with van der Waals surface area (Å²) in [6.07, 6.45) is 2.57. The van der Waals surface area contributed by atoms with Crippen molar-refractivity contribution in [2.45, 2.75) is 42.4 Å². The Morgan fingerprint density at radius 2 is 1.76 bits per heavy atom. The number of hydrogen-bond acceptors (Lipinski definition) is 9. The van der Waals surface area contributed by atoms with E-state index in [2.05, 4.69) is 9.97 Å². The zero-order valence-corrected chi connectivity index (χ0v) is 23.6. The van der Waals surface area contributed by atoms with Crippen molar-refractivity contribution in [2.75, 3.05) is 13.7 Å². The topological polar surface area (TPSA) is 144 Å². The summed E-state index contributed by atoms with van der Waals surface area (Å²) in [6, 6.07) is 10.3. The molecule has 1 atom stereocenters. The highest BCUT2D eigenvalue weighted by Gasteiger charge is 2.33. The van der Waals surface area contributed by atoms with Gasteiger partial charge >= 0.3 is 0 Å². The molecule has 0 bridgehead atoms. The highest BCUT2D eigenvalue weighted by molar-refractivity contribution is 7.91. The van der Waals surface area contributed by atoms with Crippen LogP contribution in [0.1, 0.15) is 36.8 Å². The monoisotopic (exact) mass is 596 g/mol. The first-order valence-corrected chi connectivity index (χ1v) is 14.1. The van der Waals surface area contributed by atoms with E-state index in [0.29, 0.717) is 22.8 Å². The van der Waals surface area contributed by atoms with Crippen LogP contribution in [0.3, 0.4) is 0 Å². The fraction of sp³-hybridized carbons (Fsp3) is 0.241. The maximum Gasteiger partial charge on any atom is 0.296 e. The third kappa shape index (κ3) is 6.20. The molecule has 2 heterocycles. The molecule has 0 spiro atoms. The highest BCUT2D eigenvalue weighted by Crippen LogP contribution is 2.33. The molecule has 0 aliphatic rings. The maximum atomic E-state index is 14.2. The van der Waals surface area contributed by atoms with Crippen LogP contribution in [0.15, 0.2) is 75.5 Å². The Kier molecular flexibility index (Phi) is 9.11. The number of nitrogens with zero attached hydrogens (tertiary/aromatic N) is 4. The van der Waals surface area contributed by atoms with E-state index in [0.717, 1.165) is 16.7 Å². The van der Waals surface area contributed by atoms with Crippen LogP contribution in [0.2, 0.25) is 0 Å². The van der Waals surface area contributed by atoms with Crippen molar-refractivity contribution in [1.29, 1.82) is 5.26 Å². The zero-order valence-electron chi connectivity index (χ0n) is 22.8. The van der Waals surface area contributed by atoms with Crippen molar-refractivity contribution < 1.29 is 31.8 Å². The van der Waals surface area contributed by atoms with Gasteiger partial charge in [0.1, 0.15) is 24.1 Å². The Bertz CT molecular complexity index is 1800. The molecule has 0 saturated heterocycles. The van der Waals surface area contributed by atoms with E-state index in [-0.39, 0.29) is 35.6 Å². The Labute approximate surface area is 240 Å². The smallest absolute Gasteiger partial charge is 0.296 e. The molecule has 4 aromatic rings. The summed E-state index contributed by atoms with van der Waals surface area (Å²) in [7, 11) is -3.38. The van der Waals surface area contributed by atoms with E-state index >= 15 is 0 Å².